The summed E-state index contributed by atoms with van der Waals surface area (Å²) in [6.07, 6.45) is 2.15. The zero-order valence-corrected chi connectivity index (χ0v) is 15.2. The maximum atomic E-state index is 13.4. The van der Waals surface area contributed by atoms with Gasteiger partial charge in [0.15, 0.2) is 0 Å². The summed E-state index contributed by atoms with van der Waals surface area (Å²) in [6.45, 7) is 5.07. The van der Waals surface area contributed by atoms with Crippen LogP contribution in [-0.2, 0) is 6.54 Å². The number of para-hydroxylation sites is 1. The summed E-state index contributed by atoms with van der Waals surface area (Å²) in [5, 5.41) is 7.74. The number of ketones is 1. The number of carbonyl (C=O) groups is 1. The molecular weight excluding hydrogens is 320 g/mol. The van der Waals surface area contributed by atoms with Crippen molar-refractivity contribution in [2.75, 3.05) is 0 Å². The minimum atomic E-state index is -0.00681. The van der Waals surface area contributed by atoms with Crippen molar-refractivity contribution in [1.82, 2.24) is 9.78 Å². The van der Waals surface area contributed by atoms with Gasteiger partial charge in [-0.05, 0) is 35.7 Å². The van der Waals surface area contributed by atoms with Gasteiger partial charge in [0.1, 0.15) is 5.69 Å². The van der Waals surface area contributed by atoms with Gasteiger partial charge in [-0.1, -0.05) is 67.9 Å². The van der Waals surface area contributed by atoms with E-state index in [0.29, 0.717) is 5.69 Å². The van der Waals surface area contributed by atoms with Crippen molar-refractivity contribution >= 4 is 27.5 Å². The monoisotopic (exact) mass is 342 g/mol. The molecule has 0 aliphatic carbocycles. The number of rotatable bonds is 5. The Morgan fingerprint density at radius 3 is 2.38 bits per heavy atom. The van der Waals surface area contributed by atoms with Crippen LogP contribution in [0.5, 0.6) is 0 Å². The average molecular weight is 342 g/mol. The standard InChI is InChI=1S/C23H22N2O/c1-3-4-15-25-21-12-8-7-11-20(21)22(24-25)23(26)19-14-13-16(2)17-9-5-6-10-18(17)19/h5-14H,3-4,15H2,1-2H3. The fourth-order valence-electron chi connectivity index (χ4n) is 3.55. The van der Waals surface area contributed by atoms with Gasteiger partial charge < -0.3 is 0 Å². The van der Waals surface area contributed by atoms with Crippen molar-refractivity contribution in [3.63, 3.8) is 0 Å². The lowest BCUT2D eigenvalue weighted by atomic mass is 9.96. The number of hydrogen-bond acceptors (Lipinski definition) is 2. The van der Waals surface area contributed by atoms with E-state index in [1.165, 1.54) is 5.56 Å². The number of aryl methyl sites for hydroxylation is 2. The number of nitrogens with zero attached hydrogens (tertiary/aromatic N) is 2. The summed E-state index contributed by atoms with van der Waals surface area (Å²) in [5.41, 5.74) is 3.47. The average Bonchev–Trinajstić information content (AvgIpc) is 3.05. The first kappa shape index (κ1) is 16.5. The predicted molar refractivity (Wildman–Crippen MR) is 107 cm³/mol. The fourth-order valence-corrected chi connectivity index (χ4v) is 3.55. The third-order valence-corrected chi connectivity index (χ3v) is 4.98. The minimum Gasteiger partial charge on any atom is -0.287 e. The second-order valence-corrected chi connectivity index (χ2v) is 6.75. The van der Waals surface area contributed by atoms with Crippen LogP contribution in [-0.4, -0.2) is 15.6 Å². The van der Waals surface area contributed by atoms with Crippen LogP contribution in [0.1, 0.15) is 41.4 Å². The van der Waals surface area contributed by atoms with Crippen molar-refractivity contribution in [3.8, 4) is 0 Å². The van der Waals surface area contributed by atoms with Crippen LogP contribution >= 0.6 is 0 Å². The molecule has 0 fully saturated rings. The quantitative estimate of drug-likeness (QED) is 0.447. The van der Waals surface area contributed by atoms with E-state index in [-0.39, 0.29) is 5.78 Å². The van der Waals surface area contributed by atoms with Crippen LogP contribution in [0, 0.1) is 6.92 Å². The number of carbonyl (C=O) groups excluding carboxylic acids is 1. The molecule has 4 aromatic rings. The molecule has 0 atom stereocenters. The highest BCUT2D eigenvalue weighted by Gasteiger charge is 2.20. The second kappa shape index (κ2) is 6.75. The maximum Gasteiger partial charge on any atom is 0.214 e. The third kappa shape index (κ3) is 2.70. The molecule has 0 N–H and O–H groups in total. The van der Waals surface area contributed by atoms with Crippen LogP contribution in [0.3, 0.4) is 0 Å². The highest BCUT2D eigenvalue weighted by molar-refractivity contribution is 6.20. The Morgan fingerprint density at radius 2 is 1.62 bits per heavy atom. The number of aromatic nitrogens is 2. The SMILES string of the molecule is CCCCn1nc(C(=O)c2ccc(C)c3ccccc23)c2ccccc21. The molecule has 0 amide bonds. The normalized spacial score (nSPS) is 11.3. The molecule has 0 bridgehead atoms. The van der Waals surface area contributed by atoms with Crippen LogP contribution in [0.2, 0.25) is 0 Å². The molecule has 3 heteroatoms. The molecule has 1 aromatic heterocycles. The molecule has 1 heterocycles. The first-order valence-corrected chi connectivity index (χ1v) is 9.19. The van der Waals surface area contributed by atoms with Gasteiger partial charge in [0.05, 0.1) is 5.52 Å². The first-order chi connectivity index (χ1) is 12.7. The van der Waals surface area contributed by atoms with Gasteiger partial charge >= 0.3 is 0 Å². The van der Waals surface area contributed by atoms with Crippen molar-refractivity contribution in [1.29, 1.82) is 0 Å². The Bertz CT molecular complexity index is 1110. The highest BCUT2D eigenvalue weighted by Crippen LogP contribution is 2.27. The van der Waals surface area contributed by atoms with Crippen LogP contribution < -0.4 is 0 Å². The summed E-state index contributed by atoms with van der Waals surface area (Å²) < 4.78 is 1.97. The van der Waals surface area contributed by atoms with E-state index in [2.05, 4.69) is 19.9 Å². The Kier molecular flexibility index (Phi) is 4.29. The first-order valence-electron chi connectivity index (χ1n) is 9.19. The Morgan fingerprint density at radius 1 is 0.923 bits per heavy atom. The second-order valence-electron chi connectivity index (χ2n) is 6.75. The summed E-state index contributed by atoms with van der Waals surface area (Å²) in [4.78, 5) is 13.4. The summed E-state index contributed by atoms with van der Waals surface area (Å²) >= 11 is 0. The molecular formula is C23H22N2O. The number of benzene rings is 3. The molecule has 0 radical (unpaired) electrons. The largest absolute Gasteiger partial charge is 0.287 e. The van der Waals surface area contributed by atoms with Gasteiger partial charge in [0.2, 0.25) is 5.78 Å². The Labute approximate surface area is 153 Å². The van der Waals surface area contributed by atoms with Gasteiger partial charge in [-0.15, -0.1) is 0 Å². The molecule has 4 rings (SSSR count). The topological polar surface area (TPSA) is 34.9 Å². The van der Waals surface area contributed by atoms with Crippen molar-refractivity contribution in [2.45, 2.75) is 33.2 Å². The van der Waals surface area contributed by atoms with E-state index in [0.717, 1.165) is 46.6 Å². The maximum absolute atomic E-state index is 13.4. The molecule has 0 saturated carbocycles. The Balaban J connectivity index is 1.89. The Hall–Kier alpha value is -2.94. The minimum absolute atomic E-state index is 0.00681. The van der Waals surface area contributed by atoms with Gasteiger partial charge in [-0.2, -0.15) is 5.10 Å². The molecule has 3 aromatic carbocycles. The van der Waals surface area contributed by atoms with E-state index in [1.54, 1.807) is 0 Å². The third-order valence-electron chi connectivity index (χ3n) is 4.98. The molecule has 0 unspecified atom stereocenters. The lowest BCUT2D eigenvalue weighted by molar-refractivity contribution is 0.103. The molecule has 130 valence electrons. The van der Waals surface area contributed by atoms with Crippen molar-refractivity contribution in [2.24, 2.45) is 0 Å². The summed E-state index contributed by atoms with van der Waals surface area (Å²) in [5.74, 6) is -0.00681. The van der Waals surface area contributed by atoms with Gasteiger partial charge in [0, 0.05) is 17.5 Å². The van der Waals surface area contributed by atoms with Crippen molar-refractivity contribution < 1.29 is 4.79 Å². The van der Waals surface area contributed by atoms with E-state index in [1.807, 2.05) is 59.3 Å². The predicted octanol–water partition coefficient (Wildman–Crippen LogP) is 5.53. The zero-order chi connectivity index (χ0) is 18.1. The number of hydrogen-bond donors (Lipinski definition) is 0. The molecule has 0 spiro atoms. The fraction of sp³-hybridized carbons (Fsp3) is 0.217. The molecule has 0 aliphatic heterocycles. The van der Waals surface area contributed by atoms with E-state index in [9.17, 15) is 4.79 Å². The van der Waals surface area contributed by atoms with Crippen LogP contribution in [0.15, 0.2) is 60.7 Å². The van der Waals surface area contributed by atoms with Crippen molar-refractivity contribution in [3.05, 3.63) is 77.5 Å². The van der Waals surface area contributed by atoms with Crippen LogP contribution in [0.4, 0.5) is 0 Å². The van der Waals surface area contributed by atoms with Crippen LogP contribution in [0.25, 0.3) is 21.7 Å². The van der Waals surface area contributed by atoms with E-state index < -0.39 is 0 Å². The lowest BCUT2D eigenvalue weighted by Gasteiger charge is -2.07. The van der Waals surface area contributed by atoms with E-state index >= 15 is 0 Å². The lowest BCUT2D eigenvalue weighted by Crippen LogP contribution is -2.06. The molecule has 0 aliphatic rings. The number of fused-ring (bicyclic) bond motifs is 2. The molecule has 26 heavy (non-hydrogen) atoms. The van der Waals surface area contributed by atoms with Gasteiger partial charge in [-0.25, -0.2) is 0 Å². The zero-order valence-electron chi connectivity index (χ0n) is 15.2. The number of unbranched alkanes of at least 4 members (excludes halogenated alkanes) is 1. The molecule has 3 nitrogen and oxygen atoms in total. The highest BCUT2D eigenvalue weighted by atomic mass is 16.1. The van der Waals surface area contributed by atoms with E-state index in [4.69, 9.17) is 5.10 Å². The van der Waals surface area contributed by atoms with Gasteiger partial charge in [0.25, 0.3) is 0 Å². The smallest absolute Gasteiger partial charge is 0.214 e. The summed E-state index contributed by atoms with van der Waals surface area (Å²) in [6, 6.07) is 20.0. The molecule has 0 saturated heterocycles. The summed E-state index contributed by atoms with van der Waals surface area (Å²) in [7, 11) is 0. The van der Waals surface area contributed by atoms with Gasteiger partial charge in [-0.3, -0.25) is 9.48 Å².